The fourth-order valence-electron chi connectivity index (χ4n) is 4.80. The Morgan fingerprint density at radius 1 is 0.900 bits per heavy atom. The number of benzene rings is 3. The van der Waals surface area contributed by atoms with Crippen molar-refractivity contribution in [2.75, 3.05) is 0 Å². The molecule has 0 saturated carbocycles. The van der Waals surface area contributed by atoms with Crippen LogP contribution in [0, 0.1) is 41.2 Å². The maximum Gasteiger partial charge on any atom is 0.458 e. The largest absolute Gasteiger partial charge is 0.458 e. The van der Waals surface area contributed by atoms with Gasteiger partial charge >= 0.3 is 6.18 Å². The van der Waals surface area contributed by atoms with Gasteiger partial charge in [-0.2, -0.15) is 13.2 Å². The van der Waals surface area contributed by atoms with Crippen LogP contribution in [-0.2, 0) is 6.42 Å². The van der Waals surface area contributed by atoms with Gasteiger partial charge in [0.05, 0.1) is 5.56 Å². The Bertz CT molecular complexity index is 1680. The zero-order chi connectivity index (χ0) is 28.3. The molecule has 1 heterocycles. The normalized spacial score (nSPS) is 15.2. The van der Waals surface area contributed by atoms with Gasteiger partial charge < -0.3 is 0 Å². The molecule has 0 nitrogen and oxygen atoms in total. The lowest BCUT2D eigenvalue weighted by atomic mass is 9.86. The third-order valence-electron chi connectivity index (χ3n) is 6.87. The average Bonchev–Trinajstić information content (AvgIpc) is 3.35. The predicted octanol–water partition coefficient (Wildman–Crippen LogP) is 9.95. The van der Waals surface area contributed by atoms with Crippen molar-refractivity contribution in [3.05, 3.63) is 101 Å². The Kier molecular flexibility index (Phi) is 8.10. The van der Waals surface area contributed by atoms with E-state index in [1.54, 1.807) is 17.3 Å². The van der Waals surface area contributed by atoms with Crippen LogP contribution in [0.2, 0.25) is 0 Å². The summed E-state index contributed by atoms with van der Waals surface area (Å²) in [7, 11) is 0. The molecule has 0 fully saturated rings. The number of halogens is 5. The van der Waals surface area contributed by atoms with Gasteiger partial charge in [-0.3, -0.25) is 0 Å². The van der Waals surface area contributed by atoms with Crippen molar-refractivity contribution >= 4 is 27.0 Å². The second-order valence-electron chi connectivity index (χ2n) is 9.84. The Morgan fingerprint density at radius 2 is 1.65 bits per heavy atom. The van der Waals surface area contributed by atoms with Gasteiger partial charge in [0.15, 0.2) is 0 Å². The molecule has 1 aromatic heterocycles. The highest BCUT2D eigenvalue weighted by Crippen LogP contribution is 2.35. The van der Waals surface area contributed by atoms with Gasteiger partial charge in [-0.05, 0) is 89.7 Å². The third kappa shape index (κ3) is 6.64. The van der Waals surface area contributed by atoms with Crippen LogP contribution in [-0.4, -0.2) is 6.18 Å². The van der Waals surface area contributed by atoms with Gasteiger partial charge in [0.2, 0.25) is 0 Å². The molecule has 0 spiro atoms. The molecular weight excluding hydrogens is 535 g/mol. The first-order chi connectivity index (χ1) is 19.2. The zero-order valence-electron chi connectivity index (χ0n) is 21.8. The van der Waals surface area contributed by atoms with E-state index in [-0.39, 0.29) is 5.92 Å². The lowest BCUT2D eigenvalue weighted by molar-refractivity contribution is -0.0696. The lowest BCUT2D eigenvalue weighted by Crippen LogP contribution is -2.05. The topological polar surface area (TPSA) is 0 Å². The first kappa shape index (κ1) is 27.7. The van der Waals surface area contributed by atoms with Crippen molar-refractivity contribution < 1.29 is 22.0 Å². The van der Waals surface area contributed by atoms with Gasteiger partial charge in [0.1, 0.15) is 11.6 Å². The summed E-state index contributed by atoms with van der Waals surface area (Å²) in [5.74, 6) is 6.92. The van der Waals surface area contributed by atoms with Crippen molar-refractivity contribution in [1.29, 1.82) is 0 Å². The smallest absolute Gasteiger partial charge is 0.205 e. The standard InChI is InChI=1S/C34H25F5S/c1-2-3-24-10-15-27-21-33(40-32(27)18-24)26-13-8-23(9-14-26)5-4-22-6-11-25(12-7-22)28-19-30(35)29(31(36)20-28)16-17-34(37,38)39/h8-11,13-15,18-22H,2-3,6-7,12H2,1H3. The molecule has 4 aromatic rings. The van der Waals surface area contributed by atoms with Crippen LogP contribution in [0.25, 0.3) is 26.1 Å². The van der Waals surface area contributed by atoms with Gasteiger partial charge in [-0.1, -0.05) is 61.4 Å². The molecule has 1 unspecified atom stereocenters. The minimum Gasteiger partial charge on any atom is -0.205 e. The molecule has 0 amide bonds. The van der Waals surface area contributed by atoms with E-state index in [1.165, 1.54) is 20.5 Å². The van der Waals surface area contributed by atoms with E-state index in [0.717, 1.165) is 54.0 Å². The van der Waals surface area contributed by atoms with E-state index in [2.05, 4.69) is 55.2 Å². The van der Waals surface area contributed by atoms with Gasteiger partial charge in [-0.15, -0.1) is 11.3 Å². The number of aryl methyl sites for hydroxylation is 1. The first-order valence-corrected chi connectivity index (χ1v) is 13.9. The zero-order valence-corrected chi connectivity index (χ0v) is 22.6. The summed E-state index contributed by atoms with van der Waals surface area (Å²) in [6.45, 7) is 2.19. The summed E-state index contributed by atoms with van der Waals surface area (Å²) in [4.78, 5) is 1.22. The summed E-state index contributed by atoms with van der Waals surface area (Å²) in [6, 6.07) is 19.2. The van der Waals surface area contributed by atoms with E-state index in [0.29, 0.717) is 18.4 Å². The van der Waals surface area contributed by atoms with Crippen LogP contribution < -0.4 is 0 Å². The summed E-state index contributed by atoms with van der Waals surface area (Å²) >= 11 is 1.80. The van der Waals surface area contributed by atoms with Crippen molar-refractivity contribution in [3.63, 3.8) is 0 Å². The lowest BCUT2D eigenvalue weighted by Gasteiger charge is -2.18. The quantitative estimate of drug-likeness (QED) is 0.172. The van der Waals surface area contributed by atoms with Crippen LogP contribution in [0.1, 0.15) is 54.9 Å². The highest BCUT2D eigenvalue weighted by Gasteiger charge is 2.24. The van der Waals surface area contributed by atoms with Crippen molar-refractivity contribution in [3.8, 4) is 34.1 Å². The second-order valence-corrected chi connectivity index (χ2v) is 10.9. The maximum absolute atomic E-state index is 14.3. The Morgan fingerprint density at radius 3 is 2.30 bits per heavy atom. The molecule has 1 atom stereocenters. The van der Waals surface area contributed by atoms with Crippen LogP contribution in [0.4, 0.5) is 22.0 Å². The van der Waals surface area contributed by atoms with Crippen molar-refractivity contribution in [2.45, 2.75) is 45.2 Å². The molecule has 0 N–H and O–H groups in total. The highest BCUT2D eigenvalue weighted by molar-refractivity contribution is 7.22. The van der Waals surface area contributed by atoms with Gasteiger partial charge in [0, 0.05) is 27.0 Å². The number of hydrogen-bond donors (Lipinski definition) is 0. The van der Waals surface area contributed by atoms with Crippen LogP contribution in [0.3, 0.4) is 0 Å². The third-order valence-corrected chi connectivity index (χ3v) is 8.01. The first-order valence-electron chi connectivity index (χ1n) is 13.1. The average molecular weight is 561 g/mol. The molecule has 6 heteroatoms. The fourth-order valence-corrected chi connectivity index (χ4v) is 5.94. The highest BCUT2D eigenvalue weighted by atomic mass is 32.1. The number of rotatable bonds is 4. The Balaban J connectivity index is 1.24. The number of alkyl halides is 3. The number of fused-ring (bicyclic) bond motifs is 1. The summed E-state index contributed by atoms with van der Waals surface area (Å²) < 4.78 is 66.8. The molecule has 1 aliphatic carbocycles. The SMILES string of the molecule is CCCc1ccc2cc(-c3ccc(C#CC4CC=C(c5cc(F)c(C#CC(F)(F)F)c(F)c5)CC4)cc3)sc2c1. The molecule has 1 aliphatic rings. The van der Waals surface area contributed by atoms with Crippen LogP contribution in [0.5, 0.6) is 0 Å². The van der Waals surface area contributed by atoms with Gasteiger partial charge in [0.25, 0.3) is 0 Å². The van der Waals surface area contributed by atoms with Crippen molar-refractivity contribution in [2.24, 2.45) is 5.92 Å². The fraction of sp³-hybridized carbons (Fsp3) is 0.235. The number of thiophene rings is 1. The summed E-state index contributed by atoms with van der Waals surface area (Å²) in [6.07, 6.45) is 1.21. The second kappa shape index (κ2) is 11.7. The summed E-state index contributed by atoms with van der Waals surface area (Å²) in [5, 5.41) is 1.25. The molecular formula is C34H25F5S. The molecule has 0 bridgehead atoms. The molecule has 40 heavy (non-hydrogen) atoms. The van der Waals surface area contributed by atoms with E-state index in [4.69, 9.17) is 0 Å². The van der Waals surface area contributed by atoms with Crippen LogP contribution >= 0.6 is 11.3 Å². The van der Waals surface area contributed by atoms with Crippen LogP contribution in [0.15, 0.2) is 66.7 Å². The van der Waals surface area contributed by atoms with E-state index < -0.39 is 23.4 Å². The predicted molar refractivity (Wildman–Crippen MR) is 153 cm³/mol. The Hall–Kier alpha value is -3.87. The Labute approximate surface area is 234 Å². The van der Waals surface area contributed by atoms with Crippen molar-refractivity contribution in [1.82, 2.24) is 0 Å². The monoisotopic (exact) mass is 560 g/mol. The maximum atomic E-state index is 14.3. The van der Waals surface area contributed by atoms with Gasteiger partial charge in [-0.25, -0.2) is 8.78 Å². The molecule has 3 aromatic carbocycles. The minimum atomic E-state index is -4.82. The minimum absolute atomic E-state index is 0.106. The molecule has 0 saturated heterocycles. The van der Waals surface area contributed by atoms with E-state index in [9.17, 15) is 22.0 Å². The summed E-state index contributed by atoms with van der Waals surface area (Å²) in [5.41, 5.74) is 3.64. The number of hydrogen-bond acceptors (Lipinski definition) is 1. The molecule has 5 rings (SSSR count). The molecule has 0 aliphatic heterocycles. The van der Waals surface area contributed by atoms with E-state index in [1.807, 2.05) is 18.2 Å². The van der Waals surface area contributed by atoms with E-state index >= 15 is 0 Å². The number of allylic oxidation sites excluding steroid dienone is 2. The molecule has 0 radical (unpaired) electrons. The molecule has 202 valence electrons.